The zero-order valence-electron chi connectivity index (χ0n) is 22.8. The molecule has 9 rings (SSSR count). The monoisotopic (exact) mass is 553 g/mol. The SMILES string of the molecule is Cc1ccc2c(c1)c1ccccc1n2-c1cc(C#N)c2sc3ccc(-n4c5ccccc5c5ccccc54)cc3c2c1. The number of benzene rings is 6. The summed E-state index contributed by atoms with van der Waals surface area (Å²) in [6.07, 6.45) is 0. The van der Waals surface area contributed by atoms with Crippen LogP contribution in [0.4, 0.5) is 0 Å². The summed E-state index contributed by atoms with van der Waals surface area (Å²) in [6, 6.07) is 46.0. The highest BCUT2D eigenvalue weighted by atomic mass is 32.1. The first-order valence-electron chi connectivity index (χ1n) is 14.1. The van der Waals surface area contributed by atoms with Crippen molar-refractivity contribution in [2.24, 2.45) is 0 Å². The molecule has 0 bridgehead atoms. The molecular weight excluding hydrogens is 531 g/mol. The number of aromatic nitrogens is 2. The largest absolute Gasteiger partial charge is 0.309 e. The fourth-order valence-electron chi connectivity index (χ4n) is 6.77. The van der Waals surface area contributed by atoms with Crippen LogP contribution >= 0.6 is 11.3 Å². The molecule has 0 aliphatic carbocycles. The van der Waals surface area contributed by atoms with E-state index in [1.54, 1.807) is 11.3 Å². The van der Waals surface area contributed by atoms with Gasteiger partial charge in [-0.25, -0.2) is 0 Å². The first kappa shape index (κ1) is 23.3. The molecule has 196 valence electrons. The second-order valence-corrected chi connectivity index (χ2v) is 12.1. The molecule has 3 nitrogen and oxygen atoms in total. The predicted molar refractivity (Wildman–Crippen MR) is 177 cm³/mol. The molecule has 3 heterocycles. The molecule has 6 aromatic carbocycles. The zero-order chi connectivity index (χ0) is 27.9. The maximum absolute atomic E-state index is 10.3. The van der Waals surface area contributed by atoms with Crippen molar-refractivity contribution < 1.29 is 0 Å². The van der Waals surface area contributed by atoms with Crippen LogP contribution in [0.5, 0.6) is 0 Å². The second kappa shape index (κ2) is 8.57. The number of thiophene rings is 1. The number of hydrogen-bond donors (Lipinski definition) is 0. The highest BCUT2D eigenvalue weighted by molar-refractivity contribution is 7.26. The highest BCUT2D eigenvalue weighted by Crippen LogP contribution is 2.41. The summed E-state index contributed by atoms with van der Waals surface area (Å²) in [5, 5.41) is 17.6. The van der Waals surface area contributed by atoms with Crippen LogP contribution in [-0.2, 0) is 0 Å². The van der Waals surface area contributed by atoms with Crippen molar-refractivity contribution >= 4 is 75.1 Å². The Labute approximate surface area is 245 Å². The number of fused-ring (bicyclic) bond motifs is 9. The van der Waals surface area contributed by atoms with E-state index in [9.17, 15) is 5.26 Å². The Morgan fingerprint density at radius 1 is 0.524 bits per heavy atom. The van der Waals surface area contributed by atoms with Crippen LogP contribution in [0, 0.1) is 18.3 Å². The Hall–Kier alpha value is -5.37. The molecule has 0 aliphatic rings. The van der Waals surface area contributed by atoms with Gasteiger partial charge in [-0.15, -0.1) is 11.3 Å². The second-order valence-electron chi connectivity index (χ2n) is 11.0. The van der Waals surface area contributed by atoms with E-state index in [4.69, 9.17) is 0 Å². The van der Waals surface area contributed by atoms with Gasteiger partial charge in [0.2, 0.25) is 0 Å². The number of nitrogens with zero attached hydrogens (tertiary/aromatic N) is 3. The molecule has 0 aliphatic heterocycles. The van der Waals surface area contributed by atoms with Crippen LogP contribution < -0.4 is 0 Å². The van der Waals surface area contributed by atoms with Crippen molar-refractivity contribution in [3.8, 4) is 17.4 Å². The molecule has 9 aromatic rings. The standard InChI is InChI=1S/C38H23N3S/c1-23-14-16-36-30(18-23)29-10-4-7-13-35(29)41(36)26-19-24(22-39)38-32(21-26)31-20-25(15-17-37(31)42-38)40-33-11-5-2-8-27(33)28-9-3-6-12-34(28)40/h2-21H,1H3. The first-order chi connectivity index (χ1) is 20.7. The number of rotatable bonds is 2. The first-order valence-corrected chi connectivity index (χ1v) is 14.9. The number of hydrogen-bond acceptors (Lipinski definition) is 2. The summed E-state index contributed by atoms with van der Waals surface area (Å²) in [4.78, 5) is 0. The molecule has 0 atom stereocenters. The van der Waals surface area contributed by atoms with E-state index in [1.807, 2.05) is 0 Å². The predicted octanol–water partition coefficient (Wildman–Crippen LogP) is 10.4. The molecule has 42 heavy (non-hydrogen) atoms. The van der Waals surface area contributed by atoms with Crippen molar-refractivity contribution in [1.82, 2.24) is 9.13 Å². The van der Waals surface area contributed by atoms with Crippen LogP contribution in [-0.4, -0.2) is 9.13 Å². The average Bonchev–Trinajstić information content (AvgIpc) is 3.68. The smallest absolute Gasteiger partial charge is 0.101 e. The van der Waals surface area contributed by atoms with Crippen molar-refractivity contribution in [3.63, 3.8) is 0 Å². The molecular formula is C38H23N3S. The Morgan fingerprint density at radius 3 is 1.76 bits per heavy atom. The Balaban J connectivity index is 1.36. The van der Waals surface area contributed by atoms with Gasteiger partial charge in [-0.3, -0.25) is 0 Å². The number of aryl methyl sites for hydroxylation is 1. The molecule has 0 radical (unpaired) electrons. The van der Waals surface area contributed by atoms with Gasteiger partial charge in [0.15, 0.2) is 0 Å². The van der Waals surface area contributed by atoms with Gasteiger partial charge in [-0.1, -0.05) is 66.2 Å². The summed E-state index contributed by atoms with van der Waals surface area (Å²) in [6.45, 7) is 2.14. The Morgan fingerprint density at radius 2 is 1.10 bits per heavy atom. The van der Waals surface area contributed by atoms with E-state index in [0.29, 0.717) is 5.56 Å². The lowest BCUT2D eigenvalue weighted by Crippen LogP contribution is -1.95. The van der Waals surface area contributed by atoms with Gasteiger partial charge in [0, 0.05) is 48.4 Å². The number of para-hydroxylation sites is 3. The van der Waals surface area contributed by atoms with Crippen molar-refractivity contribution in [2.45, 2.75) is 6.92 Å². The number of nitriles is 1. The van der Waals surface area contributed by atoms with Crippen LogP contribution in [0.15, 0.2) is 121 Å². The highest BCUT2D eigenvalue weighted by Gasteiger charge is 2.18. The molecule has 0 amide bonds. The van der Waals surface area contributed by atoms with E-state index >= 15 is 0 Å². The van der Waals surface area contributed by atoms with E-state index < -0.39 is 0 Å². The van der Waals surface area contributed by atoms with Crippen LogP contribution in [0.3, 0.4) is 0 Å². The van der Waals surface area contributed by atoms with Crippen molar-refractivity contribution in [1.29, 1.82) is 5.26 Å². The summed E-state index contributed by atoms with van der Waals surface area (Å²) in [5.74, 6) is 0. The maximum atomic E-state index is 10.3. The van der Waals surface area contributed by atoms with E-state index in [1.165, 1.54) is 48.2 Å². The maximum Gasteiger partial charge on any atom is 0.101 e. The molecule has 0 N–H and O–H groups in total. The zero-order valence-corrected chi connectivity index (χ0v) is 23.6. The molecule has 0 unspecified atom stereocenters. The Bertz CT molecular complexity index is 2550. The van der Waals surface area contributed by atoms with E-state index in [0.717, 1.165) is 32.5 Å². The third kappa shape index (κ3) is 3.14. The molecule has 0 saturated carbocycles. The summed E-state index contributed by atoms with van der Waals surface area (Å²) in [5.41, 5.74) is 8.75. The minimum absolute atomic E-state index is 0.708. The quantitative estimate of drug-likeness (QED) is 0.210. The van der Waals surface area contributed by atoms with Gasteiger partial charge in [-0.2, -0.15) is 5.26 Å². The third-order valence-electron chi connectivity index (χ3n) is 8.58. The van der Waals surface area contributed by atoms with E-state index in [2.05, 4.69) is 143 Å². The lowest BCUT2D eigenvalue weighted by molar-refractivity contribution is 1.18. The van der Waals surface area contributed by atoms with Gasteiger partial charge in [0.1, 0.15) is 6.07 Å². The summed E-state index contributed by atoms with van der Waals surface area (Å²) in [7, 11) is 0. The van der Waals surface area contributed by atoms with Crippen LogP contribution in [0.1, 0.15) is 11.1 Å². The molecule has 3 aromatic heterocycles. The van der Waals surface area contributed by atoms with Gasteiger partial charge in [0.05, 0.1) is 32.3 Å². The molecule has 4 heteroatoms. The van der Waals surface area contributed by atoms with E-state index in [-0.39, 0.29) is 0 Å². The topological polar surface area (TPSA) is 33.6 Å². The van der Waals surface area contributed by atoms with Crippen LogP contribution in [0.25, 0.3) is 75.2 Å². The minimum Gasteiger partial charge on any atom is -0.309 e. The minimum atomic E-state index is 0.708. The molecule has 0 spiro atoms. The average molecular weight is 554 g/mol. The van der Waals surface area contributed by atoms with Crippen molar-refractivity contribution in [3.05, 3.63) is 132 Å². The van der Waals surface area contributed by atoms with Crippen LogP contribution in [0.2, 0.25) is 0 Å². The van der Waals surface area contributed by atoms with Gasteiger partial charge < -0.3 is 9.13 Å². The summed E-state index contributed by atoms with van der Waals surface area (Å²) >= 11 is 1.70. The lowest BCUT2D eigenvalue weighted by atomic mass is 10.1. The fraction of sp³-hybridized carbons (Fsp3) is 0.0263. The summed E-state index contributed by atoms with van der Waals surface area (Å²) < 4.78 is 6.89. The fourth-order valence-corrected chi connectivity index (χ4v) is 7.90. The van der Waals surface area contributed by atoms with Gasteiger partial charge in [0.25, 0.3) is 0 Å². The Kier molecular flexibility index (Phi) is 4.76. The lowest BCUT2D eigenvalue weighted by Gasteiger charge is -2.10. The van der Waals surface area contributed by atoms with Gasteiger partial charge in [-0.05, 0) is 67.6 Å². The van der Waals surface area contributed by atoms with Gasteiger partial charge >= 0.3 is 0 Å². The third-order valence-corrected chi connectivity index (χ3v) is 9.80. The molecule has 0 saturated heterocycles. The normalized spacial score (nSPS) is 11.9. The molecule has 0 fully saturated rings. The van der Waals surface area contributed by atoms with Crippen molar-refractivity contribution in [2.75, 3.05) is 0 Å².